The minimum absolute atomic E-state index is 0.0923. The number of ether oxygens (including phenoxy) is 4. The number of aromatic nitrogens is 4. The number of hydrogen-bond acceptors (Lipinski definition) is 10. The number of amides is 4. The standard InChI is InChI=1S/C48H50N8O8/c1-27(2)41(53-47(59)61-3)45(57)55-19-5-7-37(55)44-50-25-36(52-44)33-16-15-31-21-30(13-14-32(31)22-33)28-9-11-29(12-10-28)35-24-49-43(51-35)38-8-6-20-56(38)46(58)42(54-48(60)62-4)34-17-18-39-40(23-34)64-26-63-39/h9-18,21-25,27,37-38,41-42H,5-8,19-20,26H2,1-4H3,(H,49,51)(H,50,52)(H,53,59)(H,54,60)/t37-,38-,41-,42?/m0/s1. The lowest BCUT2D eigenvalue weighted by Gasteiger charge is -2.30. The molecule has 9 rings (SSSR count). The van der Waals surface area contributed by atoms with Crippen LogP contribution in [0.4, 0.5) is 9.59 Å². The zero-order chi connectivity index (χ0) is 44.5. The summed E-state index contributed by atoms with van der Waals surface area (Å²) in [5.41, 5.74) is 6.32. The van der Waals surface area contributed by atoms with Gasteiger partial charge in [0, 0.05) is 18.7 Å². The molecular weight excluding hydrogens is 817 g/mol. The molecule has 0 radical (unpaired) electrons. The molecule has 2 aromatic heterocycles. The average Bonchev–Trinajstić information content (AvgIpc) is 4.18. The van der Waals surface area contributed by atoms with Crippen molar-refractivity contribution in [3.05, 3.63) is 108 Å². The Labute approximate surface area is 369 Å². The van der Waals surface area contributed by atoms with Gasteiger partial charge < -0.3 is 49.3 Å². The molecule has 64 heavy (non-hydrogen) atoms. The van der Waals surface area contributed by atoms with Crippen molar-refractivity contribution in [1.29, 1.82) is 0 Å². The lowest BCUT2D eigenvalue weighted by molar-refractivity contribution is -0.135. The Hall–Kier alpha value is -7.36. The number of alkyl carbamates (subject to hydrolysis) is 2. The molecule has 4 N–H and O–H groups in total. The maximum absolute atomic E-state index is 14.1. The van der Waals surface area contributed by atoms with E-state index in [-0.39, 0.29) is 36.6 Å². The normalized spacial score (nSPS) is 17.7. The maximum atomic E-state index is 14.1. The lowest BCUT2D eigenvalue weighted by Crippen LogP contribution is -2.51. The van der Waals surface area contributed by atoms with Crippen molar-refractivity contribution in [3.8, 4) is 45.1 Å². The Morgan fingerprint density at radius 2 is 1.20 bits per heavy atom. The molecule has 2 saturated heterocycles. The number of carbonyl (C=O) groups is 4. The van der Waals surface area contributed by atoms with Gasteiger partial charge in [-0.3, -0.25) is 9.59 Å². The predicted molar refractivity (Wildman–Crippen MR) is 237 cm³/mol. The van der Waals surface area contributed by atoms with Crippen molar-refractivity contribution in [2.24, 2.45) is 5.92 Å². The van der Waals surface area contributed by atoms with Gasteiger partial charge in [0.2, 0.25) is 12.7 Å². The summed E-state index contributed by atoms with van der Waals surface area (Å²) in [4.78, 5) is 72.1. The second-order valence-corrected chi connectivity index (χ2v) is 16.6. The minimum atomic E-state index is -0.997. The number of methoxy groups -OCH3 is 2. The first kappa shape index (κ1) is 42.0. The van der Waals surface area contributed by atoms with E-state index in [4.69, 9.17) is 28.9 Å². The van der Waals surface area contributed by atoms with Gasteiger partial charge in [0.25, 0.3) is 5.91 Å². The van der Waals surface area contributed by atoms with E-state index in [1.807, 2.05) is 24.9 Å². The molecule has 4 aromatic carbocycles. The summed E-state index contributed by atoms with van der Waals surface area (Å²) in [5.74, 6) is 1.96. The second kappa shape index (κ2) is 17.8. The number of rotatable bonds is 11. The number of hydrogen-bond donors (Lipinski definition) is 4. The van der Waals surface area contributed by atoms with Crippen LogP contribution in [0.15, 0.2) is 91.3 Å². The number of likely N-dealkylation sites (tertiary alicyclic amines) is 2. The van der Waals surface area contributed by atoms with Gasteiger partial charge in [0.15, 0.2) is 11.5 Å². The number of fused-ring (bicyclic) bond motifs is 2. The largest absolute Gasteiger partial charge is 0.454 e. The summed E-state index contributed by atoms with van der Waals surface area (Å²) in [6.07, 6.45) is 5.38. The van der Waals surface area contributed by atoms with E-state index in [1.54, 1.807) is 29.3 Å². The molecular formula is C48H50N8O8. The van der Waals surface area contributed by atoms with Gasteiger partial charge >= 0.3 is 12.2 Å². The molecule has 0 aliphatic carbocycles. The molecule has 1 unspecified atom stereocenters. The van der Waals surface area contributed by atoms with E-state index < -0.39 is 24.3 Å². The molecule has 16 heteroatoms. The number of aromatic amines is 2. The molecule has 4 amide bonds. The molecule has 0 spiro atoms. The topological polar surface area (TPSA) is 193 Å². The first-order valence-electron chi connectivity index (χ1n) is 21.5. The number of nitrogens with one attached hydrogen (secondary N) is 4. The van der Waals surface area contributed by atoms with E-state index in [1.165, 1.54) is 14.2 Å². The van der Waals surface area contributed by atoms with Crippen LogP contribution in [0.25, 0.3) is 44.4 Å². The zero-order valence-corrected chi connectivity index (χ0v) is 36.1. The van der Waals surface area contributed by atoms with Gasteiger partial charge in [-0.2, -0.15) is 0 Å². The maximum Gasteiger partial charge on any atom is 0.407 e. The number of carbonyl (C=O) groups excluding carboxylic acids is 4. The summed E-state index contributed by atoms with van der Waals surface area (Å²) in [6, 6.07) is 24.0. The third-order valence-corrected chi connectivity index (χ3v) is 12.4. The third-order valence-electron chi connectivity index (χ3n) is 12.4. The molecule has 0 bridgehead atoms. The smallest absolute Gasteiger partial charge is 0.407 e. The summed E-state index contributed by atoms with van der Waals surface area (Å²) in [5, 5.41) is 7.58. The van der Waals surface area contributed by atoms with Crippen LogP contribution in [0.5, 0.6) is 11.5 Å². The van der Waals surface area contributed by atoms with E-state index in [9.17, 15) is 19.2 Å². The Balaban J connectivity index is 0.872. The Kier molecular flexibility index (Phi) is 11.7. The van der Waals surface area contributed by atoms with Crippen LogP contribution in [0, 0.1) is 5.92 Å². The zero-order valence-electron chi connectivity index (χ0n) is 36.1. The predicted octanol–water partition coefficient (Wildman–Crippen LogP) is 7.82. The average molecular weight is 867 g/mol. The quantitative estimate of drug-likeness (QED) is 0.0998. The van der Waals surface area contributed by atoms with Gasteiger partial charge in [-0.05, 0) is 88.9 Å². The Bertz CT molecular complexity index is 2710. The highest BCUT2D eigenvalue weighted by molar-refractivity contribution is 5.91. The minimum Gasteiger partial charge on any atom is -0.454 e. The highest BCUT2D eigenvalue weighted by Crippen LogP contribution is 2.39. The molecule has 6 aromatic rings. The van der Waals surface area contributed by atoms with E-state index in [0.717, 1.165) is 75.9 Å². The molecule has 3 aliphatic rings. The molecule has 3 aliphatic heterocycles. The van der Waals surface area contributed by atoms with Crippen LogP contribution in [-0.4, -0.2) is 93.9 Å². The fraction of sp³-hybridized carbons (Fsp3) is 0.333. The van der Waals surface area contributed by atoms with E-state index in [2.05, 4.69) is 81.3 Å². The number of benzene rings is 4. The molecule has 330 valence electrons. The summed E-state index contributed by atoms with van der Waals surface area (Å²) < 4.78 is 20.6. The van der Waals surface area contributed by atoms with Gasteiger partial charge in [0.05, 0.1) is 50.1 Å². The first-order valence-corrected chi connectivity index (χ1v) is 21.5. The van der Waals surface area contributed by atoms with Crippen LogP contribution in [0.2, 0.25) is 0 Å². The first-order chi connectivity index (χ1) is 31.1. The van der Waals surface area contributed by atoms with Crippen LogP contribution >= 0.6 is 0 Å². The van der Waals surface area contributed by atoms with E-state index >= 15 is 0 Å². The van der Waals surface area contributed by atoms with Crippen molar-refractivity contribution < 1.29 is 38.1 Å². The number of nitrogens with zero attached hydrogens (tertiary/aromatic N) is 4. The van der Waals surface area contributed by atoms with Crippen LogP contribution in [0.1, 0.15) is 74.9 Å². The fourth-order valence-electron chi connectivity index (χ4n) is 8.97. The van der Waals surface area contributed by atoms with Crippen LogP contribution in [0.3, 0.4) is 0 Å². The van der Waals surface area contributed by atoms with Gasteiger partial charge in [-0.15, -0.1) is 0 Å². The Morgan fingerprint density at radius 3 is 1.84 bits per heavy atom. The summed E-state index contributed by atoms with van der Waals surface area (Å²) in [6.45, 7) is 4.99. The van der Waals surface area contributed by atoms with E-state index in [0.29, 0.717) is 36.0 Å². The molecule has 5 heterocycles. The SMILES string of the molecule is COC(=O)NC(C(=O)N1CCC[C@H]1c1ncc(-c2ccc(-c3ccc4cc(-c5cnc([C@@H]6CCCN6C(=O)[C@@H](NC(=O)OC)C(C)C)[nH]5)ccc4c3)cc2)[nH]1)c1ccc2c(c1)OCO2. The van der Waals surface area contributed by atoms with Crippen molar-refractivity contribution in [2.75, 3.05) is 34.1 Å². The van der Waals surface area contributed by atoms with Crippen molar-refractivity contribution in [3.63, 3.8) is 0 Å². The highest BCUT2D eigenvalue weighted by Gasteiger charge is 2.39. The second-order valence-electron chi connectivity index (χ2n) is 16.6. The summed E-state index contributed by atoms with van der Waals surface area (Å²) >= 11 is 0. The van der Waals surface area contributed by atoms with Crippen molar-refractivity contribution in [2.45, 2.75) is 63.7 Å². The number of imidazole rings is 2. The van der Waals surface area contributed by atoms with Gasteiger partial charge in [-0.1, -0.05) is 68.4 Å². The molecule has 16 nitrogen and oxygen atoms in total. The van der Waals surface area contributed by atoms with Gasteiger partial charge in [-0.25, -0.2) is 19.6 Å². The lowest BCUT2D eigenvalue weighted by atomic mass is 9.98. The fourth-order valence-corrected chi connectivity index (χ4v) is 8.97. The molecule has 4 atom stereocenters. The van der Waals surface area contributed by atoms with Crippen molar-refractivity contribution in [1.82, 2.24) is 40.4 Å². The number of H-pyrrole nitrogens is 2. The third kappa shape index (κ3) is 8.30. The van der Waals surface area contributed by atoms with Gasteiger partial charge in [0.1, 0.15) is 23.7 Å². The Morgan fingerprint density at radius 1 is 0.656 bits per heavy atom. The van der Waals surface area contributed by atoms with Crippen LogP contribution < -0.4 is 20.1 Å². The van der Waals surface area contributed by atoms with Crippen LogP contribution in [-0.2, 0) is 19.1 Å². The molecule has 2 fully saturated rings. The summed E-state index contributed by atoms with van der Waals surface area (Å²) in [7, 11) is 2.55. The van der Waals surface area contributed by atoms with Crippen molar-refractivity contribution >= 4 is 34.8 Å². The molecule has 0 saturated carbocycles. The highest BCUT2D eigenvalue weighted by atomic mass is 16.7. The monoisotopic (exact) mass is 866 g/mol.